The number of aromatic nitrogens is 3. The molecule has 0 fully saturated rings. The summed E-state index contributed by atoms with van der Waals surface area (Å²) in [6.07, 6.45) is 0. The van der Waals surface area contributed by atoms with Gasteiger partial charge in [-0.3, -0.25) is 4.79 Å². The van der Waals surface area contributed by atoms with Crippen LogP contribution in [0.1, 0.15) is 5.82 Å². The number of methoxy groups -OCH3 is 1. The van der Waals surface area contributed by atoms with Crippen molar-refractivity contribution in [2.24, 2.45) is 7.05 Å². The summed E-state index contributed by atoms with van der Waals surface area (Å²) < 4.78 is 13.0. The van der Waals surface area contributed by atoms with Crippen LogP contribution in [-0.2, 0) is 18.4 Å². The van der Waals surface area contributed by atoms with Crippen molar-refractivity contribution in [3.05, 3.63) is 72.6 Å². The number of carbonyl (C=O) groups is 1. The van der Waals surface area contributed by atoms with Crippen molar-refractivity contribution in [1.29, 1.82) is 0 Å². The van der Waals surface area contributed by atoms with Crippen LogP contribution in [0.3, 0.4) is 0 Å². The summed E-state index contributed by atoms with van der Waals surface area (Å²) in [5.74, 6) is 2.33. The van der Waals surface area contributed by atoms with Gasteiger partial charge in [0.25, 0.3) is 0 Å². The van der Waals surface area contributed by atoms with Gasteiger partial charge in [-0.1, -0.05) is 48.2 Å². The molecule has 31 heavy (non-hydrogen) atoms. The Kier molecular flexibility index (Phi) is 6.37. The molecule has 1 N–H and O–H groups in total. The Morgan fingerprint density at radius 1 is 1.03 bits per heavy atom. The van der Waals surface area contributed by atoms with Crippen LogP contribution < -0.4 is 14.8 Å². The van der Waals surface area contributed by atoms with Gasteiger partial charge < -0.3 is 19.4 Å². The maximum Gasteiger partial charge on any atom is 0.234 e. The Bertz CT molecular complexity index is 1190. The largest absolute Gasteiger partial charge is 0.497 e. The van der Waals surface area contributed by atoms with Gasteiger partial charge in [0, 0.05) is 18.1 Å². The minimum atomic E-state index is -0.119. The first-order valence-electron chi connectivity index (χ1n) is 9.69. The first kappa shape index (κ1) is 20.7. The first-order valence-corrected chi connectivity index (χ1v) is 10.7. The molecule has 0 unspecified atom stereocenters. The SMILES string of the molecule is COc1ccc(NC(=O)CSc2nnc(COc3cccc4ccccc34)n2C)cc1. The maximum absolute atomic E-state index is 12.2. The number of carbonyl (C=O) groups excluding carboxylic acids is 1. The molecular weight excluding hydrogens is 412 g/mol. The number of amides is 1. The quantitative estimate of drug-likeness (QED) is 0.417. The minimum absolute atomic E-state index is 0.119. The Hall–Kier alpha value is -3.52. The van der Waals surface area contributed by atoms with Crippen molar-refractivity contribution in [1.82, 2.24) is 14.8 Å². The van der Waals surface area contributed by atoms with Gasteiger partial charge in [0.15, 0.2) is 11.0 Å². The number of nitrogens with zero attached hydrogens (tertiary/aromatic N) is 3. The van der Waals surface area contributed by atoms with E-state index in [1.54, 1.807) is 31.4 Å². The Balaban J connectivity index is 1.34. The zero-order chi connectivity index (χ0) is 21.6. The highest BCUT2D eigenvalue weighted by Gasteiger charge is 2.13. The third kappa shape index (κ3) is 4.97. The van der Waals surface area contributed by atoms with Gasteiger partial charge in [-0.15, -0.1) is 10.2 Å². The van der Waals surface area contributed by atoms with Crippen LogP contribution in [0, 0.1) is 0 Å². The molecule has 4 rings (SSSR count). The van der Waals surface area contributed by atoms with E-state index in [1.165, 1.54) is 11.8 Å². The Morgan fingerprint density at radius 2 is 1.81 bits per heavy atom. The number of fused-ring (bicyclic) bond motifs is 1. The molecule has 0 bridgehead atoms. The Labute approximate surface area is 184 Å². The fourth-order valence-electron chi connectivity index (χ4n) is 3.06. The number of rotatable bonds is 8. The van der Waals surface area contributed by atoms with E-state index in [4.69, 9.17) is 9.47 Å². The molecule has 0 saturated carbocycles. The van der Waals surface area contributed by atoms with Crippen molar-refractivity contribution >= 4 is 34.1 Å². The summed E-state index contributed by atoms with van der Waals surface area (Å²) in [6.45, 7) is 0.288. The number of benzene rings is 3. The predicted molar refractivity (Wildman–Crippen MR) is 122 cm³/mol. The van der Waals surface area contributed by atoms with E-state index >= 15 is 0 Å². The third-order valence-corrected chi connectivity index (χ3v) is 5.76. The molecule has 0 saturated heterocycles. The summed E-state index contributed by atoms with van der Waals surface area (Å²) in [5, 5.41) is 14.1. The molecule has 1 aromatic heterocycles. The molecule has 0 atom stereocenters. The molecule has 4 aromatic rings. The van der Waals surface area contributed by atoms with E-state index < -0.39 is 0 Å². The van der Waals surface area contributed by atoms with Crippen LogP contribution in [0.4, 0.5) is 5.69 Å². The topological polar surface area (TPSA) is 78.3 Å². The van der Waals surface area contributed by atoms with Gasteiger partial charge in [0.2, 0.25) is 5.91 Å². The third-order valence-electron chi connectivity index (χ3n) is 4.74. The molecule has 3 aromatic carbocycles. The van der Waals surface area contributed by atoms with Gasteiger partial charge >= 0.3 is 0 Å². The number of hydrogen-bond acceptors (Lipinski definition) is 6. The highest BCUT2D eigenvalue weighted by atomic mass is 32.2. The van der Waals surface area contributed by atoms with E-state index in [-0.39, 0.29) is 18.3 Å². The molecule has 0 aliphatic heterocycles. The van der Waals surface area contributed by atoms with E-state index in [0.29, 0.717) is 16.7 Å². The van der Waals surface area contributed by atoms with E-state index in [1.807, 2.05) is 41.9 Å². The molecule has 1 amide bonds. The number of ether oxygens (including phenoxy) is 2. The van der Waals surface area contributed by atoms with Crippen LogP contribution in [0.5, 0.6) is 11.5 Å². The lowest BCUT2D eigenvalue weighted by molar-refractivity contribution is -0.113. The minimum Gasteiger partial charge on any atom is -0.497 e. The molecule has 0 aliphatic rings. The number of hydrogen-bond donors (Lipinski definition) is 1. The van der Waals surface area contributed by atoms with Gasteiger partial charge in [-0.25, -0.2) is 0 Å². The lowest BCUT2D eigenvalue weighted by atomic mass is 10.1. The fraction of sp³-hybridized carbons (Fsp3) is 0.174. The number of anilines is 1. The maximum atomic E-state index is 12.2. The second kappa shape index (κ2) is 9.53. The number of thioether (sulfide) groups is 1. The molecule has 158 valence electrons. The van der Waals surface area contributed by atoms with E-state index in [2.05, 4.69) is 27.6 Å². The van der Waals surface area contributed by atoms with Crippen LogP contribution >= 0.6 is 11.8 Å². The van der Waals surface area contributed by atoms with Crippen molar-refractivity contribution in [2.45, 2.75) is 11.8 Å². The molecule has 0 radical (unpaired) electrons. The molecular formula is C23H22N4O3S. The summed E-state index contributed by atoms with van der Waals surface area (Å²) in [4.78, 5) is 12.2. The molecule has 1 heterocycles. The van der Waals surface area contributed by atoms with Crippen LogP contribution in [0.25, 0.3) is 10.8 Å². The lowest BCUT2D eigenvalue weighted by Gasteiger charge is -2.09. The van der Waals surface area contributed by atoms with Crippen molar-refractivity contribution in [2.75, 3.05) is 18.2 Å². The monoisotopic (exact) mass is 434 g/mol. The highest BCUT2D eigenvalue weighted by molar-refractivity contribution is 7.99. The molecule has 8 heteroatoms. The predicted octanol–water partition coefficient (Wildman–Crippen LogP) is 4.29. The smallest absolute Gasteiger partial charge is 0.234 e. The summed E-state index contributed by atoms with van der Waals surface area (Å²) in [6, 6.07) is 21.2. The normalized spacial score (nSPS) is 10.8. The van der Waals surface area contributed by atoms with Crippen molar-refractivity contribution in [3.8, 4) is 11.5 Å². The number of nitrogens with one attached hydrogen (secondary N) is 1. The lowest BCUT2D eigenvalue weighted by Crippen LogP contribution is -2.14. The standard InChI is InChI=1S/C23H22N4O3S/c1-27-21(14-30-20-9-5-7-16-6-3-4-8-19(16)20)25-26-23(27)31-15-22(28)24-17-10-12-18(29-2)13-11-17/h3-13H,14-15H2,1-2H3,(H,24,28). The average molecular weight is 435 g/mol. The highest BCUT2D eigenvalue weighted by Crippen LogP contribution is 2.26. The summed E-state index contributed by atoms with van der Waals surface area (Å²) in [5.41, 5.74) is 0.716. The van der Waals surface area contributed by atoms with Crippen LogP contribution in [-0.4, -0.2) is 33.5 Å². The Morgan fingerprint density at radius 3 is 2.61 bits per heavy atom. The van der Waals surface area contributed by atoms with Gasteiger partial charge in [0.05, 0.1) is 12.9 Å². The van der Waals surface area contributed by atoms with E-state index in [9.17, 15) is 4.79 Å². The van der Waals surface area contributed by atoms with Crippen LogP contribution in [0.2, 0.25) is 0 Å². The zero-order valence-electron chi connectivity index (χ0n) is 17.2. The van der Waals surface area contributed by atoms with Crippen LogP contribution in [0.15, 0.2) is 71.9 Å². The van der Waals surface area contributed by atoms with Gasteiger partial charge in [0.1, 0.15) is 18.1 Å². The van der Waals surface area contributed by atoms with E-state index in [0.717, 1.165) is 22.3 Å². The second-order valence-electron chi connectivity index (χ2n) is 6.79. The zero-order valence-corrected chi connectivity index (χ0v) is 18.1. The van der Waals surface area contributed by atoms with Crippen molar-refractivity contribution in [3.63, 3.8) is 0 Å². The molecule has 0 spiro atoms. The van der Waals surface area contributed by atoms with Crippen molar-refractivity contribution < 1.29 is 14.3 Å². The summed E-state index contributed by atoms with van der Waals surface area (Å²) >= 11 is 1.32. The summed E-state index contributed by atoms with van der Waals surface area (Å²) in [7, 11) is 3.47. The van der Waals surface area contributed by atoms with Gasteiger partial charge in [-0.05, 0) is 35.7 Å². The van der Waals surface area contributed by atoms with Gasteiger partial charge in [-0.2, -0.15) is 0 Å². The fourth-order valence-corrected chi connectivity index (χ4v) is 3.79. The molecule has 0 aliphatic carbocycles. The average Bonchev–Trinajstić information content (AvgIpc) is 3.16. The second-order valence-corrected chi connectivity index (χ2v) is 7.73. The first-order chi connectivity index (χ1) is 15.1. The molecule has 7 nitrogen and oxygen atoms in total.